The van der Waals surface area contributed by atoms with E-state index in [1.54, 1.807) is 60.7 Å². The molecular weight excluding hydrogens is 845 g/mol. The molecule has 1 heterocycles. The Morgan fingerprint density at radius 1 is 0.269 bits per heavy atom. The van der Waals surface area contributed by atoms with Crippen LogP contribution in [0.4, 0.5) is 34.1 Å². The highest BCUT2D eigenvalue weighted by atomic mass is 32.1. The highest BCUT2D eigenvalue weighted by Crippen LogP contribution is 2.46. The molecule has 0 saturated carbocycles. The standard InChI is InChI=1S/C56H30N10S/c57-31-41(32-58)53(39-21-25-49(26-22-39)65(45-13-5-1-6-14-45)46-15-7-2-8-16-46)55(43(35-61)36-62)51-29-30-52(67-51)56(44(37-63)38-64)54(42(33-59)34-60)40-23-27-50(28-24-40)66(47-17-9-3-10-18-47)48-19-11-4-12-20-48/h1-30H. The minimum absolute atomic E-state index is 0.00261. The minimum atomic E-state index is -0.417. The monoisotopic (exact) mass is 874 g/mol. The molecule has 11 heteroatoms. The summed E-state index contributed by atoms with van der Waals surface area (Å²) < 4.78 is 0. The number of hydrogen-bond acceptors (Lipinski definition) is 11. The van der Waals surface area contributed by atoms with Gasteiger partial charge in [0.1, 0.15) is 70.8 Å². The molecule has 0 unspecified atom stereocenters. The van der Waals surface area contributed by atoms with E-state index in [0.717, 1.165) is 45.5 Å². The molecule has 0 aliphatic rings. The first-order valence-corrected chi connectivity index (χ1v) is 21.1. The number of para-hydroxylation sites is 4. The van der Waals surface area contributed by atoms with Gasteiger partial charge in [0.2, 0.25) is 0 Å². The van der Waals surface area contributed by atoms with Gasteiger partial charge in [-0.15, -0.1) is 11.3 Å². The molecule has 0 radical (unpaired) electrons. The van der Waals surface area contributed by atoms with Crippen molar-refractivity contribution in [2.24, 2.45) is 0 Å². The Labute approximate surface area is 391 Å². The number of nitriles is 8. The number of rotatable bonds is 12. The quantitative estimate of drug-likeness (QED) is 0.0841. The summed E-state index contributed by atoms with van der Waals surface area (Å²) in [6.45, 7) is 0. The molecule has 0 fully saturated rings. The zero-order chi connectivity index (χ0) is 47.1. The van der Waals surface area contributed by atoms with Crippen LogP contribution in [-0.4, -0.2) is 0 Å². The highest BCUT2D eigenvalue weighted by Gasteiger charge is 2.27. The van der Waals surface area contributed by atoms with Gasteiger partial charge in [0.15, 0.2) is 0 Å². The van der Waals surface area contributed by atoms with Crippen LogP contribution < -0.4 is 9.80 Å². The summed E-state index contributed by atoms with van der Waals surface area (Å²) in [5, 5.41) is 83.1. The van der Waals surface area contributed by atoms with Crippen molar-refractivity contribution in [2.45, 2.75) is 0 Å². The van der Waals surface area contributed by atoms with E-state index in [1.165, 1.54) is 0 Å². The van der Waals surface area contributed by atoms with E-state index in [9.17, 15) is 42.1 Å². The van der Waals surface area contributed by atoms with Crippen LogP contribution in [0.25, 0.3) is 22.3 Å². The van der Waals surface area contributed by atoms with Crippen LogP contribution in [0, 0.1) is 90.6 Å². The number of nitrogens with zero attached hydrogens (tertiary/aromatic N) is 10. The maximum Gasteiger partial charge on any atom is 0.138 e. The van der Waals surface area contributed by atoms with E-state index in [1.807, 2.05) is 180 Å². The maximum atomic E-state index is 10.4. The average Bonchev–Trinajstić information content (AvgIpc) is 3.87. The van der Waals surface area contributed by atoms with Crippen molar-refractivity contribution >= 4 is 67.8 Å². The van der Waals surface area contributed by atoms with Crippen LogP contribution >= 0.6 is 11.3 Å². The molecule has 0 aliphatic heterocycles. The third-order valence-corrected chi connectivity index (χ3v) is 11.5. The normalized spacial score (nSPS) is 9.67. The van der Waals surface area contributed by atoms with Crippen molar-refractivity contribution < 1.29 is 0 Å². The molecule has 0 spiro atoms. The molecule has 6 aromatic carbocycles. The summed E-state index contributed by atoms with van der Waals surface area (Å²) in [6, 6.07) is 71.3. The topological polar surface area (TPSA) is 197 Å². The molecule has 0 N–H and O–H groups in total. The molecule has 0 saturated heterocycles. The highest BCUT2D eigenvalue weighted by molar-refractivity contribution is 7.14. The maximum absolute atomic E-state index is 10.4. The molecule has 0 atom stereocenters. The lowest BCUT2D eigenvalue weighted by molar-refractivity contribution is 1.28. The van der Waals surface area contributed by atoms with Crippen molar-refractivity contribution in [3.8, 4) is 48.6 Å². The summed E-state index contributed by atoms with van der Waals surface area (Å²) in [5.74, 6) is 0. The van der Waals surface area contributed by atoms with E-state index in [-0.39, 0.29) is 43.2 Å². The second kappa shape index (κ2) is 21.0. The van der Waals surface area contributed by atoms with Crippen molar-refractivity contribution in [1.82, 2.24) is 0 Å². The van der Waals surface area contributed by atoms with E-state index in [2.05, 4.69) is 0 Å². The fourth-order valence-corrected chi connectivity index (χ4v) is 8.60. The number of thiophene rings is 1. The lowest BCUT2D eigenvalue weighted by atomic mass is 9.89. The first kappa shape index (κ1) is 44.6. The molecule has 67 heavy (non-hydrogen) atoms. The van der Waals surface area contributed by atoms with Gasteiger partial charge in [-0.2, -0.15) is 42.1 Å². The Morgan fingerprint density at radius 2 is 0.493 bits per heavy atom. The largest absolute Gasteiger partial charge is 0.311 e. The Hall–Kier alpha value is -10.5. The smallest absolute Gasteiger partial charge is 0.138 e. The Balaban J connectivity index is 1.37. The second-order valence-electron chi connectivity index (χ2n) is 14.2. The van der Waals surface area contributed by atoms with Crippen LogP contribution in [0.5, 0.6) is 0 Å². The number of hydrogen-bond donors (Lipinski definition) is 0. The van der Waals surface area contributed by atoms with Crippen LogP contribution in [0.15, 0.2) is 204 Å². The van der Waals surface area contributed by atoms with Gasteiger partial charge in [-0.25, -0.2) is 0 Å². The summed E-state index contributed by atoms with van der Waals surface area (Å²) >= 11 is 0.953. The van der Waals surface area contributed by atoms with Gasteiger partial charge in [0, 0.05) is 66.2 Å². The number of anilines is 6. The van der Waals surface area contributed by atoms with Gasteiger partial charge in [-0.1, -0.05) is 97.1 Å². The zero-order valence-corrected chi connectivity index (χ0v) is 36.0. The minimum Gasteiger partial charge on any atom is -0.311 e. The zero-order valence-electron chi connectivity index (χ0n) is 35.2. The van der Waals surface area contributed by atoms with Crippen LogP contribution in [-0.2, 0) is 0 Å². The number of benzene rings is 6. The van der Waals surface area contributed by atoms with E-state index >= 15 is 0 Å². The van der Waals surface area contributed by atoms with Gasteiger partial charge >= 0.3 is 0 Å². The van der Waals surface area contributed by atoms with Crippen molar-refractivity contribution in [3.63, 3.8) is 0 Å². The van der Waals surface area contributed by atoms with Crippen molar-refractivity contribution in [1.29, 1.82) is 42.1 Å². The molecule has 10 nitrogen and oxygen atoms in total. The van der Waals surface area contributed by atoms with Gasteiger partial charge in [0.25, 0.3) is 0 Å². The summed E-state index contributed by atoms with van der Waals surface area (Å²) in [7, 11) is 0. The lowest BCUT2D eigenvalue weighted by Crippen LogP contribution is -2.09. The molecule has 0 amide bonds. The summed E-state index contributed by atoms with van der Waals surface area (Å²) in [5.41, 5.74) is 3.97. The fourth-order valence-electron chi connectivity index (χ4n) is 7.48. The second-order valence-corrected chi connectivity index (χ2v) is 15.2. The third kappa shape index (κ3) is 9.33. The van der Waals surface area contributed by atoms with Gasteiger partial charge in [-0.05, 0) is 96.1 Å². The number of allylic oxidation sites excluding steroid dienone is 8. The molecule has 0 aliphatic carbocycles. The van der Waals surface area contributed by atoms with Crippen LogP contribution in [0.2, 0.25) is 0 Å². The predicted molar refractivity (Wildman–Crippen MR) is 259 cm³/mol. The summed E-state index contributed by atoms with van der Waals surface area (Å²) in [6.07, 6.45) is 0. The Bertz CT molecular complexity index is 3080. The van der Waals surface area contributed by atoms with Gasteiger partial charge < -0.3 is 9.80 Å². The van der Waals surface area contributed by atoms with E-state index in [0.29, 0.717) is 11.1 Å². The van der Waals surface area contributed by atoms with Crippen LogP contribution in [0.1, 0.15) is 20.9 Å². The summed E-state index contributed by atoms with van der Waals surface area (Å²) in [4.78, 5) is 4.50. The average molecular weight is 875 g/mol. The first-order valence-electron chi connectivity index (χ1n) is 20.2. The van der Waals surface area contributed by atoms with E-state index in [4.69, 9.17) is 0 Å². The first-order chi connectivity index (χ1) is 32.9. The van der Waals surface area contributed by atoms with E-state index < -0.39 is 11.1 Å². The predicted octanol–water partition coefficient (Wildman–Crippen LogP) is 13.3. The van der Waals surface area contributed by atoms with Gasteiger partial charge in [-0.3, -0.25) is 0 Å². The molecule has 7 aromatic rings. The molecule has 1 aromatic heterocycles. The SMILES string of the molecule is N#CC(C#N)=C(C(=C(C#N)C#N)c1ccc(C(=C(C#N)C#N)C(=C(C#N)C#N)c2ccc(N(c3ccccc3)c3ccccc3)cc2)s1)c1ccc(N(c2ccccc2)c2ccccc2)cc1. The Morgan fingerprint density at radius 3 is 0.731 bits per heavy atom. The van der Waals surface area contributed by atoms with Crippen LogP contribution in [0.3, 0.4) is 0 Å². The van der Waals surface area contributed by atoms with Gasteiger partial charge in [0.05, 0.1) is 0 Å². The third-order valence-electron chi connectivity index (χ3n) is 10.4. The Kier molecular flexibility index (Phi) is 14.0. The van der Waals surface area contributed by atoms with Crippen molar-refractivity contribution in [3.05, 3.63) is 225 Å². The molecule has 0 bridgehead atoms. The molecular formula is C56H30N10S. The van der Waals surface area contributed by atoms with Crippen molar-refractivity contribution in [2.75, 3.05) is 9.80 Å². The molecule has 7 rings (SSSR count). The molecule has 310 valence electrons. The lowest BCUT2D eigenvalue weighted by Gasteiger charge is -2.25. The fraction of sp³-hybridized carbons (Fsp3) is 0.